The molecular weight excluding hydrogens is 451 g/mol. The average molecular weight is 471 g/mol. The van der Waals surface area contributed by atoms with Crippen LogP contribution < -0.4 is 5.69 Å². The van der Waals surface area contributed by atoms with Crippen LogP contribution in [0.25, 0.3) is 22.5 Å². The molecule has 2 aromatic carbocycles. The second kappa shape index (κ2) is 8.10. The van der Waals surface area contributed by atoms with E-state index in [1.807, 2.05) is 24.3 Å². The SMILES string of the molecule is O=c1n(Cc2ccc(-c3nnc(C(F)F)o3)cc2F)c2ccccc2n1C1CN(C2COC2)C1. The van der Waals surface area contributed by atoms with Crippen LogP contribution in [-0.4, -0.2) is 56.6 Å². The predicted octanol–water partition coefficient (Wildman–Crippen LogP) is 3.23. The number of hydrogen-bond acceptors (Lipinski definition) is 6. The summed E-state index contributed by atoms with van der Waals surface area (Å²) in [6.45, 7) is 3.03. The molecule has 0 radical (unpaired) electrons. The molecule has 6 rings (SSSR count). The van der Waals surface area contributed by atoms with E-state index >= 15 is 0 Å². The van der Waals surface area contributed by atoms with Crippen molar-refractivity contribution in [2.45, 2.75) is 25.1 Å². The zero-order valence-electron chi connectivity index (χ0n) is 17.9. The van der Waals surface area contributed by atoms with Gasteiger partial charge in [0.1, 0.15) is 5.82 Å². The highest BCUT2D eigenvalue weighted by Gasteiger charge is 2.38. The summed E-state index contributed by atoms with van der Waals surface area (Å²) in [6.07, 6.45) is -2.90. The number of para-hydroxylation sites is 2. The summed E-state index contributed by atoms with van der Waals surface area (Å²) < 4.78 is 53.9. The van der Waals surface area contributed by atoms with Gasteiger partial charge in [0, 0.05) is 24.2 Å². The van der Waals surface area contributed by atoms with E-state index in [1.165, 1.54) is 12.1 Å². The molecule has 176 valence electrons. The molecule has 11 heteroatoms. The minimum atomic E-state index is -2.90. The van der Waals surface area contributed by atoms with Gasteiger partial charge in [0.05, 0.1) is 42.9 Å². The van der Waals surface area contributed by atoms with Crippen LogP contribution in [0.5, 0.6) is 0 Å². The van der Waals surface area contributed by atoms with Crippen LogP contribution >= 0.6 is 0 Å². The van der Waals surface area contributed by atoms with Gasteiger partial charge in [0.2, 0.25) is 5.89 Å². The number of benzene rings is 2. The van der Waals surface area contributed by atoms with E-state index in [9.17, 15) is 18.0 Å². The summed E-state index contributed by atoms with van der Waals surface area (Å²) >= 11 is 0. The third-order valence-electron chi connectivity index (χ3n) is 6.52. The molecule has 0 bridgehead atoms. The number of halogens is 3. The van der Waals surface area contributed by atoms with Crippen molar-refractivity contribution < 1.29 is 22.3 Å². The van der Waals surface area contributed by atoms with Gasteiger partial charge in [-0.25, -0.2) is 9.18 Å². The fourth-order valence-corrected chi connectivity index (χ4v) is 4.54. The van der Waals surface area contributed by atoms with Crippen molar-refractivity contribution in [2.75, 3.05) is 26.3 Å². The number of ether oxygens (including phenoxy) is 1. The Bertz CT molecular complexity index is 1420. The lowest BCUT2D eigenvalue weighted by Gasteiger charge is -2.47. The van der Waals surface area contributed by atoms with Gasteiger partial charge in [0.25, 0.3) is 5.89 Å². The maximum absolute atomic E-state index is 15.0. The van der Waals surface area contributed by atoms with Gasteiger partial charge < -0.3 is 9.15 Å². The molecule has 8 nitrogen and oxygen atoms in total. The molecule has 4 aromatic rings. The summed E-state index contributed by atoms with van der Waals surface area (Å²) in [5, 5.41) is 6.82. The highest BCUT2D eigenvalue weighted by atomic mass is 19.3. The standard InChI is InChI=1S/C23H20F3N5O3/c24-17-7-13(21-27-28-22(34-21)20(25)26)5-6-14(17)8-30-18-3-1-2-4-19(18)31(23(30)32)15-9-29(10-15)16-11-33-12-16/h1-7,15-16,20H,8-12H2. The van der Waals surface area contributed by atoms with Crippen LogP contribution in [0.3, 0.4) is 0 Å². The molecular formula is C23H20F3N5O3. The summed E-state index contributed by atoms with van der Waals surface area (Å²) in [5.74, 6) is -1.61. The maximum Gasteiger partial charge on any atom is 0.329 e. The predicted molar refractivity (Wildman–Crippen MR) is 115 cm³/mol. The van der Waals surface area contributed by atoms with Crippen LogP contribution in [0.4, 0.5) is 13.2 Å². The average Bonchev–Trinajstić information content (AvgIpc) is 3.35. The van der Waals surface area contributed by atoms with E-state index in [0.717, 1.165) is 43.4 Å². The number of alkyl halides is 2. The Morgan fingerprint density at radius 3 is 2.44 bits per heavy atom. The summed E-state index contributed by atoms with van der Waals surface area (Å²) in [5.41, 5.74) is 1.80. The highest BCUT2D eigenvalue weighted by Crippen LogP contribution is 2.29. The van der Waals surface area contributed by atoms with Gasteiger partial charge in [-0.15, -0.1) is 10.2 Å². The van der Waals surface area contributed by atoms with E-state index in [-0.39, 0.29) is 35.3 Å². The topological polar surface area (TPSA) is 78.3 Å². The molecule has 2 aliphatic heterocycles. The molecule has 4 heterocycles. The smallest absolute Gasteiger partial charge is 0.329 e. The molecule has 0 saturated carbocycles. The zero-order chi connectivity index (χ0) is 23.4. The number of hydrogen-bond donors (Lipinski definition) is 0. The molecule has 0 N–H and O–H groups in total. The normalized spacial score (nSPS) is 17.4. The molecule has 0 spiro atoms. The molecule has 34 heavy (non-hydrogen) atoms. The Labute approximate surface area is 191 Å². The molecule has 0 unspecified atom stereocenters. The fourth-order valence-electron chi connectivity index (χ4n) is 4.54. The van der Waals surface area contributed by atoms with Crippen molar-refractivity contribution >= 4 is 11.0 Å². The Balaban J connectivity index is 1.30. The summed E-state index contributed by atoms with van der Waals surface area (Å²) in [4.78, 5) is 15.7. The van der Waals surface area contributed by atoms with Gasteiger partial charge in [-0.2, -0.15) is 8.78 Å². The quantitative estimate of drug-likeness (QED) is 0.430. The molecule has 0 atom stereocenters. The number of aromatic nitrogens is 4. The number of nitrogens with zero attached hydrogens (tertiary/aromatic N) is 5. The van der Waals surface area contributed by atoms with Crippen LogP contribution in [0.15, 0.2) is 51.7 Å². The van der Waals surface area contributed by atoms with Crippen molar-refractivity contribution in [2.24, 2.45) is 0 Å². The summed E-state index contributed by atoms with van der Waals surface area (Å²) in [6, 6.07) is 12.1. The third-order valence-corrected chi connectivity index (χ3v) is 6.52. The van der Waals surface area contributed by atoms with E-state index in [4.69, 9.17) is 9.15 Å². The Hall–Kier alpha value is -3.44. The van der Waals surface area contributed by atoms with Crippen LogP contribution in [0.2, 0.25) is 0 Å². The minimum Gasteiger partial charge on any atom is -0.415 e. The Morgan fingerprint density at radius 2 is 1.79 bits per heavy atom. The first-order chi connectivity index (χ1) is 16.5. The van der Waals surface area contributed by atoms with Crippen molar-refractivity contribution in [1.82, 2.24) is 24.2 Å². The van der Waals surface area contributed by atoms with E-state index < -0.39 is 18.1 Å². The van der Waals surface area contributed by atoms with Crippen molar-refractivity contribution in [1.29, 1.82) is 0 Å². The fraction of sp³-hybridized carbons (Fsp3) is 0.348. The van der Waals surface area contributed by atoms with E-state index in [1.54, 1.807) is 9.13 Å². The number of likely N-dealkylation sites (tertiary alicyclic amines) is 1. The van der Waals surface area contributed by atoms with Gasteiger partial charge in [-0.3, -0.25) is 14.0 Å². The minimum absolute atomic E-state index is 0.0253. The number of imidazole rings is 1. The molecule has 2 aliphatic rings. The molecule has 2 aromatic heterocycles. The Kier molecular flexibility index (Phi) is 5.03. The largest absolute Gasteiger partial charge is 0.415 e. The van der Waals surface area contributed by atoms with Crippen LogP contribution in [0, 0.1) is 5.82 Å². The van der Waals surface area contributed by atoms with Crippen molar-refractivity contribution in [3.8, 4) is 11.5 Å². The molecule has 2 saturated heterocycles. The lowest BCUT2D eigenvalue weighted by Crippen LogP contribution is -2.60. The number of fused-ring (bicyclic) bond motifs is 1. The monoisotopic (exact) mass is 471 g/mol. The van der Waals surface area contributed by atoms with E-state index in [2.05, 4.69) is 15.1 Å². The van der Waals surface area contributed by atoms with Gasteiger partial charge in [0.15, 0.2) is 0 Å². The number of rotatable bonds is 6. The first-order valence-corrected chi connectivity index (χ1v) is 10.9. The van der Waals surface area contributed by atoms with Gasteiger partial charge in [-0.1, -0.05) is 18.2 Å². The highest BCUT2D eigenvalue weighted by molar-refractivity contribution is 5.76. The second-order valence-electron chi connectivity index (χ2n) is 8.58. The first kappa shape index (κ1) is 21.1. The molecule has 2 fully saturated rings. The molecule has 0 amide bonds. The lowest BCUT2D eigenvalue weighted by atomic mass is 10.0. The first-order valence-electron chi connectivity index (χ1n) is 10.9. The summed E-state index contributed by atoms with van der Waals surface area (Å²) in [7, 11) is 0. The zero-order valence-corrected chi connectivity index (χ0v) is 17.9. The third kappa shape index (κ3) is 3.43. The van der Waals surface area contributed by atoms with Crippen LogP contribution in [-0.2, 0) is 11.3 Å². The lowest BCUT2D eigenvalue weighted by molar-refractivity contribution is -0.0983. The van der Waals surface area contributed by atoms with Crippen LogP contribution in [0.1, 0.15) is 23.9 Å². The van der Waals surface area contributed by atoms with Gasteiger partial charge in [-0.05, 0) is 24.3 Å². The molecule has 0 aliphatic carbocycles. The van der Waals surface area contributed by atoms with Gasteiger partial charge >= 0.3 is 12.1 Å². The second-order valence-corrected chi connectivity index (χ2v) is 8.58. The van der Waals surface area contributed by atoms with Crippen molar-refractivity contribution in [3.05, 3.63) is 70.2 Å². The van der Waals surface area contributed by atoms with E-state index in [0.29, 0.717) is 6.04 Å². The van der Waals surface area contributed by atoms with Crippen molar-refractivity contribution in [3.63, 3.8) is 0 Å². The maximum atomic E-state index is 15.0. The Morgan fingerprint density at radius 1 is 1.03 bits per heavy atom.